The monoisotopic (exact) mass is 218 g/mol. The predicted octanol–water partition coefficient (Wildman–Crippen LogP) is 1.35. The van der Waals surface area contributed by atoms with E-state index in [2.05, 4.69) is 18.8 Å². The topological polar surface area (TPSA) is 60.1 Å². The summed E-state index contributed by atoms with van der Waals surface area (Å²) >= 11 is 0. The van der Waals surface area contributed by atoms with Crippen LogP contribution in [0.4, 0.5) is 0 Å². The van der Waals surface area contributed by atoms with Crippen molar-refractivity contribution >= 4 is 12.4 Å². The quantitative estimate of drug-likeness (QED) is 0.602. The Hall–Kier alpha value is -1.03. The maximum atomic E-state index is 11.0. The van der Waals surface area contributed by atoms with Gasteiger partial charge in [0.2, 0.25) is 0 Å². The van der Waals surface area contributed by atoms with Crippen LogP contribution in [0.1, 0.15) is 25.2 Å². The highest BCUT2D eigenvalue weighted by molar-refractivity contribution is 5.85. The van der Waals surface area contributed by atoms with Crippen molar-refractivity contribution in [1.29, 1.82) is 0 Å². The van der Waals surface area contributed by atoms with Crippen LogP contribution in [0.3, 0.4) is 0 Å². The van der Waals surface area contributed by atoms with E-state index >= 15 is 0 Å². The van der Waals surface area contributed by atoms with Crippen molar-refractivity contribution < 1.29 is 9.84 Å². The minimum absolute atomic E-state index is 0. The maximum absolute atomic E-state index is 11.0. The summed E-state index contributed by atoms with van der Waals surface area (Å²) in [5, 5.41) is 20.1. The zero-order valence-corrected chi connectivity index (χ0v) is 9.34. The molecule has 80 valence electrons. The molecule has 14 heavy (non-hydrogen) atoms. The Labute approximate surface area is 89.6 Å². The molecule has 4 nitrogen and oxygen atoms in total. The molecular formula is C9H15ClN2O2. The number of aryl methyl sites for hydroxylation is 1. The normalized spacial score (nSPS) is 10.0. The van der Waals surface area contributed by atoms with E-state index in [1.807, 2.05) is 0 Å². The second-order valence-corrected chi connectivity index (χ2v) is 3.58. The maximum Gasteiger partial charge on any atom is 0.499 e. The summed E-state index contributed by atoms with van der Waals surface area (Å²) < 4.78 is 0.420. The average Bonchev–Trinajstić information content (AvgIpc) is 1.98. The van der Waals surface area contributed by atoms with E-state index in [1.54, 1.807) is 13.0 Å². The molecule has 0 aliphatic rings. The molecule has 1 aromatic rings. The van der Waals surface area contributed by atoms with Crippen molar-refractivity contribution in [2.75, 3.05) is 0 Å². The van der Waals surface area contributed by atoms with Gasteiger partial charge in [-0.15, -0.1) is 12.4 Å². The molecule has 0 radical (unpaired) electrons. The number of aromatic nitrogens is 2. The van der Waals surface area contributed by atoms with Crippen LogP contribution >= 0.6 is 12.4 Å². The van der Waals surface area contributed by atoms with Crippen molar-refractivity contribution in [3.8, 4) is 6.01 Å². The van der Waals surface area contributed by atoms with Crippen LogP contribution in [0.25, 0.3) is 0 Å². The molecule has 0 aliphatic heterocycles. The molecule has 0 unspecified atom stereocenters. The van der Waals surface area contributed by atoms with E-state index in [4.69, 9.17) is 5.11 Å². The lowest BCUT2D eigenvalue weighted by molar-refractivity contribution is -0.623. The van der Waals surface area contributed by atoms with Crippen molar-refractivity contribution in [3.63, 3.8) is 0 Å². The molecule has 0 bridgehead atoms. The summed E-state index contributed by atoms with van der Waals surface area (Å²) in [5.74, 6) is 0.466. The fourth-order valence-corrected chi connectivity index (χ4v) is 1.19. The first kappa shape index (κ1) is 13.0. The SMILES string of the molecule is Cc1cc(CC(C)C)nc(O)[n+]1[O-].Cl. The smallest absolute Gasteiger partial charge is 0.499 e. The first-order valence-corrected chi connectivity index (χ1v) is 4.29. The van der Waals surface area contributed by atoms with Gasteiger partial charge in [0, 0.05) is 12.5 Å². The third-order valence-electron chi connectivity index (χ3n) is 1.74. The van der Waals surface area contributed by atoms with Gasteiger partial charge in [-0.2, -0.15) is 4.73 Å². The Balaban J connectivity index is 0.00000169. The van der Waals surface area contributed by atoms with Gasteiger partial charge < -0.3 is 10.3 Å². The summed E-state index contributed by atoms with van der Waals surface area (Å²) in [6.45, 7) is 5.77. The Morgan fingerprint density at radius 2 is 2.14 bits per heavy atom. The Morgan fingerprint density at radius 1 is 1.57 bits per heavy atom. The van der Waals surface area contributed by atoms with Gasteiger partial charge in [0.15, 0.2) is 5.69 Å². The van der Waals surface area contributed by atoms with Crippen LogP contribution in [-0.2, 0) is 6.42 Å². The van der Waals surface area contributed by atoms with Gasteiger partial charge in [-0.3, -0.25) is 0 Å². The first-order valence-electron chi connectivity index (χ1n) is 4.29. The number of hydrogen-bond acceptors (Lipinski definition) is 3. The molecule has 0 atom stereocenters. The van der Waals surface area contributed by atoms with Crippen LogP contribution in [0.15, 0.2) is 6.07 Å². The number of aromatic hydroxyl groups is 1. The Kier molecular flexibility index (Phi) is 4.63. The summed E-state index contributed by atoms with van der Waals surface area (Å²) in [6.07, 6.45) is 0.773. The predicted molar refractivity (Wildman–Crippen MR) is 55.4 cm³/mol. The summed E-state index contributed by atoms with van der Waals surface area (Å²) in [4.78, 5) is 3.78. The van der Waals surface area contributed by atoms with Crippen LogP contribution in [0.5, 0.6) is 6.01 Å². The molecule has 1 N–H and O–H groups in total. The van der Waals surface area contributed by atoms with Gasteiger partial charge in [-0.1, -0.05) is 13.8 Å². The first-order chi connectivity index (χ1) is 6.00. The van der Waals surface area contributed by atoms with Crippen LogP contribution in [0.2, 0.25) is 0 Å². The summed E-state index contributed by atoms with van der Waals surface area (Å²) in [5.41, 5.74) is 1.24. The van der Waals surface area contributed by atoms with Crippen LogP contribution in [-0.4, -0.2) is 10.1 Å². The number of hydrogen-bond donors (Lipinski definition) is 1. The van der Waals surface area contributed by atoms with Crippen LogP contribution in [0, 0.1) is 18.0 Å². The molecule has 0 saturated carbocycles. The summed E-state index contributed by atoms with van der Waals surface area (Å²) in [6, 6.07) is 1.24. The molecule has 0 aromatic carbocycles. The average molecular weight is 219 g/mol. The van der Waals surface area contributed by atoms with E-state index in [9.17, 15) is 5.21 Å². The highest BCUT2D eigenvalue weighted by Gasteiger charge is 2.12. The number of nitrogens with zero attached hydrogens (tertiary/aromatic N) is 2. The van der Waals surface area contributed by atoms with Gasteiger partial charge in [0.1, 0.15) is 5.69 Å². The van der Waals surface area contributed by atoms with Crippen molar-refractivity contribution in [2.45, 2.75) is 27.2 Å². The van der Waals surface area contributed by atoms with Gasteiger partial charge in [-0.05, 0) is 17.8 Å². The minimum atomic E-state index is -0.462. The lowest BCUT2D eigenvalue weighted by Crippen LogP contribution is -2.31. The Bertz CT molecular complexity index is 293. The molecule has 1 aromatic heterocycles. The van der Waals surface area contributed by atoms with Gasteiger partial charge >= 0.3 is 6.01 Å². The van der Waals surface area contributed by atoms with Gasteiger partial charge in [0.05, 0.1) is 0 Å². The molecule has 1 heterocycles. The molecular weight excluding hydrogens is 204 g/mol. The van der Waals surface area contributed by atoms with Crippen molar-refractivity contribution in [3.05, 3.63) is 22.7 Å². The summed E-state index contributed by atoms with van der Waals surface area (Å²) in [7, 11) is 0. The zero-order chi connectivity index (χ0) is 10.0. The van der Waals surface area contributed by atoms with Crippen molar-refractivity contribution in [2.24, 2.45) is 5.92 Å². The number of halogens is 1. The van der Waals surface area contributed by atoms with E-state index < -0.39 is 6.01 Å². The number of rotatable bonds is 2. The molecule has 0 aliphatic carbocycles. The molecule has 0 spiro atoms. The van der Waals surface area contributed by atoms with Crippen molar-refractivity contribution in [1.82, 2.24) is 4.98 Å². The van der Waals surface area contributed by atoms with Crippen LogP contribution < -0.4 is 4.73 Å². The fraction of sp³-hybridized carbons (Fsp3) is 0.556. The zero-order valence-electron chi connectivity index (χ0n) is 8.52. The lowest BCUT2D eigenvalue weighted by Gasteiger charge is -2.06. The van der Waals surface area contributed by atoms with E-state index in [-0.39, 0.29) is 12.4 Å². The lowest BCUT2D eigenvalue weighted by atomic mass is 10.1. The standard InChI is InChI=1S/C9H14N2O2.ClH/c1-6(2)4-8-5-7(3)11(13)9(12)10-8;/h5-6H,4H2,1-3H3,(H,10,12);1H. The van der Waals surface area contributed by atoms with E-state index in [0.29, 0.717) is 16.3 Å². The largest absolute Gasteiger partial charge is 0.708 e. The molecule has 5 heteroatoms. The minimum Gasteiger partial charge on any atom is -0.708 e. The second-order valence-electron chi connectivity index (χ2n) is 3.58. The highest BCUT2D eigenvalue weighted by Crippen LogP contribution is 2.08. The molecule has 0 fully saturated rings. The second kappa shape index (κ2) is 5.00. The molecule has 0 saturated heterocycles. The molecule has 1 rings (SSSR count). The van der Waals surface area contributed by atoms with Gasteiger partial charge in [-0.25, -0.2) is 0 Å². The molecule has 0 amide bonds. The Morgan fingerprint density at radius 3 is 2.57 bits per heavy atom. The fourth-order valence-electron chi connectivity index (χ4n) is 1.19. The van der Waals surface area contributed by atoms with E-state index in [1.165, 1.54) is 0 Å². The highest BCUT2D eigenvalue weighted by atomic mass is 35.5. The van der Waals surface area contributed by atoms with E-state index in [0.717, 1.165) is 12.1 Å². The third-order valence-corrected chi connectivity index (χ3v) is 1.74. The third kappa shape index (κ3) is 3.03. The van der Waals surface area contributed by atoms with Gasteiger partial charge in [0.25, 0.3) is 0 Å².